The lowest BCUT2D eigenvalue weighted by atomic mass is 10.1. The molecule has 9 nitrogen and oxygen atoms in total. The molecule has 0 aliphatic rings. The smallest absolute Gasteiger partial charge is 0.267 e. The van der Waals surface area contributed by atoms with E-state index in [-0.39, 0.29) is 16.9 Å². The number of nitrogens with zero attached hydrogens (tertiary/aromatic N) is 5. The molecule has 2 aromatic carbocycles. The number of primary amides is 1. The van der Waals surface area contributed by atoms with Gasteiger partial charge in [0.1, 0.15) is 11.4 Å². The van der Waals surface area contributed by atoms with Gasteiger partial charge in [0.2, 0.25) is 0 Å². The van der Waals surface area contributed by atoms with Crippen molar-refractivity contribution in [1.82, 2.24) is 19.3 Å². The van der Waals surface area contributed by atoms with E-state index in [1.807, 2.05) is 62.4 Å². The zero-order chi connectivity index (χ0) is 26.9. The molecule has 2 heterocycles. The van der Waals surface area contributed by atoms with Gasteiger partial charge in [-0.05, 0) is 24.3 Å². The summed E-state index contributed by atoms with van der Waals surface area (Å²) in [5.74, 6) is 6.66. The monoisotopic (exact) mass is 495 g/mol. The van der Waals surface area contributed by atoms with Crippen molar-refractivity contribution in [3.05, 3.63) is 88.5 Å². The number of aryl methyl sites for hydroxylation is 2. The third kappa shape index (κ3) is 5.82. The van der Waals surface area contributed by atoms with Gasteiger partial charge in [-0.15, -0.1) is 0 Å². The molecule has 0 bridgehead atoms. The van der Waals surface area contributed by atoms with E-state index in [4.69, 9.17) is 16.5 Å². The Labute approximate surface area is 215 Å². The Kier molecular flexibility index (Phi) is 8.73. The van der Waals surface area contributed by atoms with Gasteiger partial charge in [0.25, 0.3) is 11.5 Å². The average molecular weight is 496 g/mol. The second-order valence-electron chi connectivity index (χ2n) is 7.80. The van der Waals surface area contributed by atoms with Gasteiger partial charge in [-0.25, -0.2) is 14.7 Å². The number of fused-ring (bicyclic) bond motifs is 1. The summed E-state index contributed by atoms with van der Waals surface area (Å²) in [7, 11) is 1.62. The van der Waals surface area contributed by atoms with Crippen molar-refractivity contribution in [3.63, 3.8) is 0 Å². The number of nitrogen functional groups attached to an aromatic ring is 1. The molecular formula is C28H29N7O2. The number of aromatic nitrogens is 4. The molecule has 1 amide bonds. The van der Waals surface area contributed by atoms with Crippen molar-refractivity contribution in [2.75, 3.05) is 5.73 Å². The van der Waals surface area contributed by atoms with E-state index in [2.05, 4.69) is 28.5 Å². The van der Waals surface area contributed by atoms with Gasteiger partial charge >= 0.3 is 0 Å². The summed E-state index contributed by atoms with van der Waals surface area (Å²) in [6.07, 6.45) is 4.35. The summed E-state index contributed by atoms with van der Waals surface area (Å²) in [4.78, 5) is 32.8. The van der Waals surface area contributed by atoms with Crippen LogP contribution in [0.5, 0.6) is 0 Å². The summed E-state index contributed by atoms with van der Waals surface area (Å²) in [5, 5.41) is 4.42. The Morgan fingerprint density at radius 3 is 2.51 bits per heavy atom. The third-order valence-corrected chi connectivity index (χ3v) is 5.29. The van der Waals surface area contributed by atoms with Crippen molar-refractivity contribution < 1.29 is 4.79 Å². The highest BCUT2D eigenvalue weighted by Gasteiger charge is 2.17. The van der Waals surface area contributed by atoms with Crippen LogP contribution in [0.2, 0.25) is 0 Å². The Morgan fingerprint density at radius 2 is 1.89 bits per heavy atom. The first-order valence-corrected chi connectivity index (χ1v) is 11.7. The molecule has 9 heteroatoms. The minimum atomic E-state index is -0.646. The largest absolute Gasteiger partial charge is 0.381 e. The minimum absolute atomic E-state index is 0.0564. The summed E-state index contributed by atoms with van der Waals surface area (Å²) in [6, 6.07) is 15.3. The van der Waals surface area contributed by atoms with Crippen LogP contribution in [0.3, 0.4) is 0 Å². The lowest BCUT2D eigenvalue weighted by Gasteiger charge is -2.13. The number of benzene rings is 2. The number of nitrogens with two attached hydrogens (primary N) is 2. The number of hydrogen-bond acceptors (Lipinski definition) is 6. The van der Waals surface area contributed by atoms with Crippen molar-refractivity contribution in [2.24, 2.45) is 17.8 Å². The molecule has 0 atom stereocenters. The number of carbonyl (C=O) groups excluding carboxylic acids is 1. The summed E-state index contributed by atoms with van der Waals surface area (Å²) >= 11 is 0. The highest BCUT2D eigenvalue weighted by molar-refractivity contribution is 6.02. The van der Waals surface area contributed by atoms with Crippen molar-refractivity contribution >= 4 is 34.7 Å². The molecule has 0 aliphatic heterocycles. The Balaban J connectivity index is 0.000000233. The summed E-state index contributed by atoms with van der Waals surface area (Å²) < 4.78 is 3.08. The highest BCUT2D eigenvalue weighted by Crippen LogP contribution is 2.22. The van der Waals surface area contributed by atoms with Gasteiger partial charge in [0.05, 0.1) is 16.6 Å². The summed E-state index contributed by atoms with van der Waals surface area (Å²) in [5.41, 5.74) is 13.0. The Hall–Kier alpha value is -4.97. The number of para-hydroxylation sites is 1. The maximum Gasteiger partial charge on any atom is 0.267 e. The molecule has 37 heavy (non-hydrogen) atoms. The number of amides is 1. The van der Waals surface area contributed by atoms with E-state index in [9.17, 15) is 9.59 Å². The predicted molar refractivity (Wildman–Crippen MR) is 148 cm³/mol. The number of rotatable bonds is 5. The molecule has 4 rings (SSSR count). The number of anilines is 1. The molecule has 0 fully saturated rings. The van der Waals surface area contributed by atoms with Crippen LogP contribution in [0, 0.1) is 11.8 Å². The van der Waals surface area contributed by atoms with Crippen molar-refractivity contribution in [3.8, 4) is 17.5 Å². The molecule has 4 aromatic rings. The van der Waals surface area contributed by atoms with E-state index in [1.54, 1.807) is 11.6 Å². The maximum absolute atomic E-state index is 13.1. The normalized spacial score (nSPS) is 10.5. The van der Waals surface area contributed by atoms with Gasteiger partial charge < -0.3 is 11.5 Å². The molecule has 4 N–H and O–H groups in total. The van der Waals surface area contributed by atoms with E-state index in [0.717, 1.165) is 23.5 Å². The maximum atomic E-state index is 13.1. The van der Waals surface area contributed by atoms with Gasteiger partial charge in [0.15, 0.2) is 11.6 Å². The zero-order valence-electron chi connectivity index (χ0n) is 21.1. The molecular weight excluding hydrogens is 466 g/mol. The van der Waals surface area contributed by atoms with E-state index >= 15 is 0 Å². The standard InChI is InChI=1S/C20H18N2O.C8H11N5O/c1-3-5-10-15-11-9-14-17-19(15)20(23)22(18(4-2)21-17)16-12-7-6-8-13-16;1-3-4-11-8-5(7(10)14)6(9)12-13(8)2/h6-9,11-14H,3-4H2,1-2H3;3-4H,1H2,2H3,(H2,9,12)(H2,10,14)/b;11-4-. The number of hydrogen-bond donors (Lipinski definition) is 2. The zero-order valence-corrected chi connectivity index (χ0v) is 21.1. The molecule has 0 saturated carbocycles. The Morgan fingerprint density at radius 1 is 1.16 bits per heavy atom. The highest BCUT2D eigenvalue weighted by atomic mass is 16.1. The predicted octanol–water partition coefficient (Wildman–Crippen LogP) is 3.70. The average Bonchev–Trinajstić information content (AvgIpc) is 3.19. The van der Waals surface area contributed by atoms with Gasteiger partial charge in [-0.2, -0.15) is 5.10 Å². The fourth-order valence-electron chi connectivity index (χ4n) is 3.69. The fraction of sp³-hybridized carbons (Fsp3) is 0.179. The molecule has 0 unspecified atom stereocenters. The molecule has 0 saturated heterocycles. The van der Waals surface area contributed by atoms with Crippen molar-refractivity contribution in [2.45, 2.75) is 26.7 Å². The molecule has 188 valence electrons. The second-order valence-corrected chi connectivity index (χ2v) is 7.80. The molecule has 0 aliphatic carbocycles. The topological polar surface area (TPSA) is 134 Å². The van der Waals surface area contributed by atoms with Crippen LogP contribution in [0.1, 0.15) is 42.0 Å². The molecule has 2 aromatic heterocycles. The van der Waals surface area contributed by atoms with Crippen LogP contribution in [-0.4, -0.2) is 31.5 Å². The van der Waals surface area contributed by atoms with Crippen LogP contribution in [-0.2, 0) is 13.5 Å². The summed E-state index contributed by atoms with van der Waals surface area (Å²) in [6.45, 7) is 7.46. The fourth-order valence-corrected chi connectivity index (χ4v) is 3.69. The minimum Gasteiger partial charge on any atom is -0.381 e. The lowest BCUT2D eigenvalue weighted by molar-refractivity contribution is 0.100. The van der Waals surface area contributed by atoms with Crippen LogP contribution in [0.25, 0.3) is 16.6 Å². The first kappa shape index (κ1) is 26.6. The number of carbonyl (C=O) groups is 1. The van der Waals surface area contributed by atoms with Gasteiger partial charge in [-0.3, -0.25) is 14.2 Å². The van der Waals surface area contributed by atoms with Crippen LogP contribution in [0.4, 0.5) is 11.6 Å². The van der Waals surface area contributed by atoms with E-state index < -0.39 is 5.91 Å². The first-order valence-electron chi connectivity index (χ1n) is 11.7. The second kappa shape index (κ2) is 12.1. The van der Waals surface area contributed by atoms with Crippen LogP contribution < -0.4 is 17.0 Å². The lowest BCUT2D eigenvalue weighted by Crippen LogP contribution is -2.24. The van der Waals surface area contributed by atoms with Crippen LogP contribution >= 0.6 is 0 Å². The van der Waals surface area contributed by atoms with E-state index in [0.29, 0.717) is 23.1 Å². The van der Waals surface area contributed by atoms with Crippen LogP contribution in [0.15, 0.2) is 71.0 Å². The van der Waals surface area contributed by atoms with Crippen molar-refractivity contribution in [1.29, 1.82) is 0 Å². The van der Waals surface area contributed by atoms with E-state index in [1.165, 1.54) is 17.0 Å². The van der Waals surface area contributed by atoms with Gasteiger partial charge in [0, 0.05) is 31.7 Å². The SMILES string of the molecule is C=C/C=N\c1c(C(N)=O)c(N)nn1C.CCC#Cc1cccc2nc(CC)n(-c3ccccc3)c(=O)c12. The molecule has 0 radical (unpaired) electrons. The number of allylic oxidation sites excluding steroid dienone is 1. The number of aliphatic imine (C=N–C) groups is 1. The third-order valence-electron chi connectivity index (χ3n) is 5.29. The first-order chi connectivity index (χ1) is 17.8. The van der Waals surface area contributed by atoms with Gasteiger partial charge in [-0.1, -0.05) is 62.6 Å². The quantitative estimate of drug-likeness (QED) is 0.322. The molecule has 0 spiro atoms. The Bertz CT molecular complexity index is 1590.